The number of rotatable bonds is 3. The average Bonchev–Trinajstić information content (AvgIpc) is 3.00. The Labute approximate surface area is 181 Å². The molecule has 3 rings (SSSR count). The van der Waals surface area contributed by atoms with Gasteiger partial charge in [-0.05, 0) is 90.7 Å². The zero-order valence-corrected chi connectivity index (χ0v) is 18.8. The number of ether oxygens (including phenoxy) is 1. The van der Waals surface area contributed by atoms with Gasteiger partial charge in [0.15, 0.2) is 5.11 Å². The molecular weight excluding hydrogens is 495 g/mol. The third kappa shape index (κ3) is 4.49. The number of anilines is 1. The van der Waals surface area contributed by atoms with Crippen LogP contribution in [0.5, 0.6) is 0 Å². The molecule has 1 heterocycles. The predicted molar refractivity (Wildman–Crippen MR) is 120 cm³/mol. The fraction of sp³-hybridized carbons (Fsp3) is 0.316. The molecule has 1 amide bonds. The van der Waals surface area contributed by atoms with Crippen LogP contribution in [0.3, 0.4) is 0 Å². The van der Waals surface area contributed by atoms with Gasteiger partial charge in [0.05, 0.1) is 12.7 Å². The summed E-state index contributed by atoms with van der Waals surface area (Å²) < 4.78 is 5.97. The van der Waals surface area contributed by atoms with Crippen LogP contribution in [0.25, 0.3) is 0 Å². The third-order valence-corrected chi connectivity index (χ3v) is 7.02. The van der Waals surface area contributed by atoms with Gasteiger partial charge in [-0.15, -0.1) is 11.3 Å². The van der Waals surface area contributed by atoms with Gasteiger partial charge in [0.25, 0.3) is 5.91 Å². The van der Waals surface area contributed by atoms with Crippen LogP contribution < -0.4 is 10.6 Å². The number of thiocarbonyl (C=S) groups is 1. The quantitative estimate of drug-likeness (QED) is 0.360. The third-order valence-electron chi connectivity index (χ3n) is 4.45. The number of carbonyl (C=O) groups is 2. The molecule has 2 N–H and O–H groups in total. The second-order valence-electron chi connectivity index (χ2n) is 6.28. The smallest absolute Gasteiger partial charge is 0.341 e. The molecule has 0 aliphatic heterocycles. The number of benzene rings is 1. The summed E-state index contributed by atoms with van der Waals surface area (Å²) in [5.41, 5.74) is 3.23. The standard InChI is InChI=1S/C19H19IN2O3S2/c1-10-7-8-11(9-13(10)20)16(23)21-19(26)22-17-15(18(24)25-2)12-5-3-4-6-14(12)27-17/h7-9H,3-6H2,1-2H3,(H2,21,22,23,26). The normalized spacial score (nSPS) is 12.9. The van der Waals surface area contributed by atoms with Gasteiger partial charge in [0.1, 0.15) is 5.00 Å². The molecule has 0 fully saturated rings. The van der Waals surface area contributed by atoms with E-state index in [1.807, 2.05) is 19.1 Å². The molecule has 27 heavy (non-hydrogen) atoms. The summed E-state index contributed by atoms with van der Waals surface area (Å²) in [7, 11) is 1.37. The van der Waals surface area contributed by atoms with E-state index in [-0.39, 0.29) is 17.0 Å². The lowest BCUT2D eigenvalue weighted by Crippen LogP contribution is -2.34. The second-order valence-corrected chi connectivity index (χ2v) is 8.95. The lowest BCUT2D eigenvalue weighted by Gasteiger charge is -2.12. The monoisotopic (exact) mass is 514 g/mol. The highest BCUT2D eigenvalue weighted by Gasteiger charge is 2.26. The Kier molecular flexibility index (Phi) is 6.48. The number of halogens is 1. The summed E-state index contributed by atoms with van der Waals surface area (Å²) in [6.45, 7) is 1.99. The van der Waals surface area contributed by atoms with E-state index in [1.54, 1.807) is 6.07 Å². The van der Waals surface area contributed by atoms with E-state index in [4.69, 9.17) is 17.0 Å². The van der Waals surface area contributed by atoms with Crippen molar-refractivity contribution in [1.29, 1.82) is 0 Å². The molecule has 8 heteroatoms. The Hall–Kier alpha value is -1.52. The highest BCUT2D eigenvalue weighted by atomic mass is 127. The fourth-order valence-electron chi connectivity index (χ4n) is 3.02. The molecular formula is C19H19IN2O3S2. The SMILES string of the molecule is COC(=O)c1c(NC(=S)NC(=O)c2ccc(C)c(I)c2)sc2c1CCCC2. The lowest BCUT2D eigenvalue weighted by atomic mass is 9.95. The Morgan fingerprint density at radius 3 is 2.70 bits per heavy atom. The Morgan fingerprint density at radius 1 is 1.26 bits per heavy atom. The van der Waals surface area contributed by atoms with Gasteiger partial charge in [-0.1, -0.05) is 6.07 Å². The van der Waals surface area contributed by atoms with Crippen molar-refractivity contribution in [2.75, 3.05) is 12.4 Å². The zero-order chi connectivity index (χ0) is 19.6. The van der Waals surface area contributed by atoms with Gasteiger partial charge in [0.2, 0.25) is 0 Å². The molecule has 1 aliphatic carbocycles. The first kappa shape index (κ1) is 20.2. The minimum atomic E-state index is -0.376. The number of hydrogen-bond donors (Lipinski definition) is 2. The number of fused-ring (bicyclic) bond motifs is 1. The first-order valence-corrected chi connectivity index (χ1v) is 10.8. The first-order valence-electron chi connectivity index (χ1n) is 8.52. The van der Waals surface area contributed by atoms with Gasteiger partial charge in [-0.25, -0.2) is 4.79 Å². The second kappa shape index (κ2) is 8.66. The lowest BCUT2D eigenvalue weighted by molar-refractivity contribution is 0.0601. The molecule has 142 valence electrons. The molecule has 0 atom stereocenters. The summed E-state index contributed by atoms with van der Waals surface area (Å²) in [4.78, 5) is 25.9. The van der Waals surface area contributed by atoms with Crippen LogP contribution >= 0.6 is 46.1 Å². The van der Waals surface area contributed by atoms with Gasteiger partial charge < -0.3 is 10.1 Å². The van der Waals surface area contributed by atoms with Crippen molar-refractivity contribution < 1.29 is 14.3 Å². The molecule has 1 aromatic carbocycles. The summed E-state index contributed by atoms with van der Waals surface area (Å²) >= 11 is 9.01. The maximum absolute atomic E-state index is 12.4. The van der Waals surface area contributed by atoms with Crippen LogP contribution in [0, 0.1) is 10.5 Å². The number of nitrogens with one attached hydrogen (secondary N) is 2. The van der Waals surface area contributed by atoms with Crippen molar-refractivity contribution in [1.82, 2.24) is 5.32 Å². The molecule has 0 saturated carbocycles. The van der Waals surface area contributed by atoms with E-state index in [1.165, 1.54) is 23.3 Å². The Bertz CT molecular complexity index is 924. The fourth-order valence-corrected chi connectivity index (χ4v) is 5.07. The van der Waals surface area contributed by atoms with E-state index in [0.717, 1.165) is 40.4 Å². The molecule has 0 saturated heterocycles. The summed E-state index contributed by atoms with van der Waals surface area (Å²) in [6, 6.07) is 5.48. The van der Waals surface area contributed by atoms with Gasteiger partial charge >= 0.3 is 5.97 Å². The van der Waals surface area contributed by atoms with Gasteiger partial charge in [-0.2, -0.15) is 0 Å². The minimum absolute atomic E-state index is 0.166. The van der Waals surface area contributed by atoms with Crippen LogP contribution in [0.1, 0.15) is 49.6 Å². The van der Waals surface area contributed by atoms with E-state index < -0.39 is 0 Å². The maximum atomic E-state index is 12.4. The van der Waals surface area contributed by atoms with Crippen molar-refractivity contribution in [3.05, 3.63) is 48.9 Å². The molecule has 5 nitrogen and oxygen atoms in total. The molecule has 0 radical (unpaired) electrons. The summed E-state index contributed by atoms with van der Waals surface area (Å²) in [5.74, 6) is -0.662. The average molecular weight is 514 g/mol. The minimum Gasteiger partial charge on any atom is -0.465 e. The molecule has 0 unspecified atom stereocenters. The Morgan fingerprint density at radius 2 is 2.00 bits per heavy atom. The molecule has 1 aliphatic rings. The van der Waals surface area contributed by atoms with Crippen molar-refractivity contribution in [2.24, 2.45) is 0 Å². The largest absolute Gasteiger partial charge is 0.465 e. The van der Waals surface area contributed by atoms with Crippen molar-refractivity contribution in [3.8, 4) is 0 Å². The first-order chi connectivity index (χ1) is 12.9. The van der Waals surface area contributed by atoms with Crippen LogP contribution in [0.4, 0.5) is 5.00 Å². The number of methoxy groups -OCH3 is 1. The molecule has 2 aromatic rings. The summed E-state index contributed by atoms with van der Waals surface area (Å²) in [6.07, 6.45) is 3.98. The topological polar surface area (TPSA) is 67.4 Å². The Balaban J connectivity index is 1.77. The van der Waals surface area contributed by atoms with E-state index >= 15 is 0 Å². The number of carbonyl (C=O) groups excluding carboxylic acids is 2. The van der Waals surface area contributed by atoms with Crippen LogP contribution in [0.15, 0.2) is 18.2 Å². The zero-order valence-electron chi connectivity index (χ0n) is 15.0. The van der Waals surface area contributed by atoms with E-state index in [2.05, 4.69) is 33.2 Å². The van der Waals surface area contributed by atoms with Crippen molar-refractivity contribution >= 4 is 68.1 Å². The number of hydrogen-bond acceptors (Lipinski definition) is 5. The van der Waals surface area contributed by atoms with E-state index in [9.17, 15) is 9.59 Å². The summed E-state index contributed by atoms with van der Waals surface area (Å²) in [5, 5.41) is 6.52. The number of aryl methyl sites for hydroxylation is 2. The molecule has 0 spiro atoms. The van der Waals surface area contributed by atoms with E-state index in [0.29, 0.717) is 16.1 Å². The van der Waals surface area contributed by atoms with Crippen LogP contribution in [0.2, 0.25) is 0 Å². The number of amides is 1. The van der Waals surface area contributed by atoms with Crippen molar-refractivity contribution in [2.45, 2.75) is 32.6 Å². The highest BCUT2D eigenvalue weighted by Crippen LogP contribution is 2.38. The number of thiophene rings is 1. The maximum Gasteiger partial charge on any atom is 0.341 e. The van der Waals surface area contributed by atoms with Crippen LogP contribution in [-0.2, 0) is 17.6 Å². The number of esters is 1. The highest BCUT2D eigenvalue weighted by molar-refractivity contribution is 14.1. The van der Waals surface area contributed by atoms with Crippen molar-refractivity contribution in [3.63, 3.8) is 0 Å². The predicted octanol–water partition coefficient (Wildman–Crippen LogP) is 4.45. The molecule has 1 aromatic heterocycles. The van der Waals surface area contributed by atoms with Crippen LogP contribution in [-0.4, -0.2) is 24.1 Å². The molecule has 0 bridgehead atoms. The van der Waals surface area contributed by atoms with Gasteiger partial charge in [0, 0.05) is 14.0 Å². The van der Waals surface area contributed by atoms with Gasteiger partial charge in [-0.3, -0.25) is 10.1 Å².